The van der Waals surface area contributed by atoms with Crippen molar-refractivity contribution in [2.45, 2.75) is 32.1 Å². The summed E-state index contributed by atoms with van der Waals surface area (Å²) in [7, 11) is 0. The van der Waals surface area contributed by atoms with E-state index < -0.39 is 0 Å². The van der Waals surface area contributed by atoms with Crippen LogP contribution in [0.5, 0.6) is 0 Å². The molecule has 0 fully saturated rings. The van der Waals surface area contributed by atoms with Crippen molar-refractivity contribution in [2.75, 3.05) is 6.54 Å². The second kappa shape index (κ2) is 9.95. The molecule has 2 rings (SSSR count). The Balaban J connectivity index is 1.68. The quantitative estimate of drug-likeness (QED) is 0.265. The lowest BCUT2D eigenvalue weighted by molar-refractivity contribution is 0.513. The molecule has 124 valence electrons. The first-order chi connectivity index (χ1) is 11.8. The van der Waals surface area contributed by atoms with Gasteiger partial charge >= 0.3 is 0 Å². The molecule has 0 atom stereocenters. The lowest BCUT2D eigenvalue weighted by Gasteiger charge is -2.14. The van der Waals surface area contributed by atoms with Crippen LogP contribution in [0, 0.1) is 11.5 Å². The van der Waals surface area contributed by atoms with Crippen LogP contribution in [0.1, 0.15) is 31.2 Å². The van der Waals surface area contributed by atoms with E-state index in [0.29, 0.717) is 12.2 Å². The standard InChI is InChI=1S/C18H22N6/c19-15-24(18(20)23-17-8-11-21-12-9-17)13-4-2-1-3-6-16-7-5-10-22-14-16/h5,7-12,14H,1-4,6,13H2,(H2,20,21,23). The van der Waals surface area contributed by atoms with Gasteiger partial charge in [-0.1, -0.05) is 18.9 Å². The van der Waals surface area contributed by atoms with Gasteiger partial charge in [0, 0.05) is 31.3 Å². The molecule has 0 unspecified atom stereocenters. The second-order valence-corrected chi connectivity index (χ2v) is 5.45. The van der Waals surface area contributed by atoms with Gasteiger partial charge in [0.25, 0.3) is 0 Å². The topological polar surface area (TPSA) is 91.2 Å². The molecule has 0 radical (unpaired) electrons. The minimum atomic E-state index is 0.221. The minimum Gasteiger partial charge on any atom is -0.369 e. The number of unbranched alkanes of at least 4 members (excludes halogenated alkanes) is 3. The summed E-state index contributed by atoms with van der Waals surface area (Å²) in [5.74, 6) is 0.221. The number of pyridine rings is 2. The Labute approximate surface area is 142 Å². The zero-order chi connectivity index (χ0) is 17.0. The molecule has 0 amide bonds. The number of rotatable bonds is 8. The average molecular weight is 322 g/mol. The molecule has 24 heavy (non-hydrogen) atoms. The van der Waals surface area contributed by atoms with E-state index in [0.717, 1.165) is 32.1 Å². The molecular formula is C18H22N6. The van der Waals surface area contributed by atoms with E-state index >= 15 is 0 Å². The van der Waals surface area contributed by atoms with Gasteiger partial charge in [-0.2, -0.15) is 5.26 Å². The van der Waals surface area contributed by atoms with Crippen LogP contribution in [0.15, 0.2) is 54.0 Å². The van der Waals surface area contributed by atoms with Crippen LogP contribution in [-0.4, -0.2) is 27.4 Å². The number of nitriles is 1. The van der Waals surface area contributed by atoms with Crippen LogP contribution in [-0.2, 0) is 6.42 Å². The number of nitrogens with zero attached hydrogens (tertiary/aromatic N) is 5. The summed E-state index contributed by atoms with van der Waals surface area (Å²) < 4.78 is 0. The van der Waals surface area contributed by atoms with Gasteiger partial charge in [-0.3, -0.25) is 9.97 Å². The van der Waals surface area contributed by atoms with Gasteiger partial charge in [-0.15, -0.1) is 0 Å². The van der Waals surface area contributed by atoms with Crippen LogP contribution < -0.4 is 5.73 Å². The van der Waals surface area contributed by atoms with Crippen molar-refractivity contribution >= 4 is 11.6 Å². The van der Waals surface area contributed by atoms with Gasteiger partial charge < -0.3 is 5.73 Å². The fourth-order valence-corrected chi connectivity index (χ4v) is 2.33. The number of hydrogen-bond acceptors (Lipinski definition) is 4. The molecule has 2 heterocycles. The van der Waals surface area contributed by atoms with Crippen LogP contribution >= 0.6 is 0 Å². The Kier molecular flexibility index (Phi) is 7.22. The number of aliphatic imine (C=N–C) groups is 1. The fourth-order valence-electron chi connectivity index (χ4n) is 2.33. The monoisotopic (exact) mass is 322 g/mol. The molecule has 2 N–H and O–H groups in total. The molecule has 0 aliphatic heterocycles. The number of guanidine groups is 1. The Bertz CT molecular complexity index is 663. The van der Waals surface area contributed by atoms with E-state index in [1.807, 2.05) is 12.3 Å². The summed E-state index contributed by atoms with van der Waals surface area (Å²) in [6, 6.07) is 7.56. The van der Waals surface area contributed by atoms with Crippen molar-refractivity contribution < 1.29 is 0 Å². The SMILES string of the molecule is N#CN(CCCCCCc1cccnc1)C(N)=Nc1ccncc1. The van der Waals surface area contributed by atoms with Crippen molar-refractivity contribution in [2.24, 2.45) is 10.7 Å². The van der Waals surface area contributed by atoms with Crippen molar-refractivity contribution in [3.63, 3.8) is 0 Å². The average Bonchev–Trinajstić information content (AvgIpc) is 2.63. The molecule has 0 saturated heterocycles. The third kappa shape index (κ3) is 6.05. The summed E-state index contributed by atoms with van der Waals surface area (Å²) in [5.41, 5.74) is 7.87. The highest BCUT2D eigenvalue weighted by Gasteiger charge is 2.06. The smallest absolute Gasteiger partial charge is 0.209 e. The van der Waals surface area contributed by atoms with Crippen molar-refractivity contribution in [3.8, 4) is 6.19 Å². The van der Waals surface area contributed by atoms with Gasteiger partial charge in [0.2, 0.25) is 5.96 Å². The normalized spacial score (nSPS) is 11.0. The van der Waals surface area contributed by atoms with Gasteiger partial charge in [0.1, 0.15) is 0 Å². The highest BCUT2D eigenvalue weighted by Crippen LogP contribution is 2.10. The molecule has 0 aliphatic rings. The second-order valence-electron chi connectivity index (χ2n) is 5.45. The van der Waals surface area contributed by atoms with Crippen LogP contribution in [0.25, 0.3) is 0 Å². The molecule has 0 aliphatic carbocycles. The zero-order valence-corrected chi connectivity index (χ0v) is 13.7. The maximum atomic E-state index is 9.22. The molecule has 6 nitrogen and oxygen atoms in total. The lowest BCUT2D eigenvalue weighted by atomic mass is 10.1. The summed E-state index contributed by atoms with van der Waals surface area (Å²) in [6.45, 7) is 0.587. The van der Waals surface area contributed by atoms with Crippen LogP contribution in [0.4, 0.5) is 5.69 Å². The van der Waals surface area contributed by atoms with Crippen LogP contribution in [0.3, 0.4) is 0 Å². The molecular weight excluding hydrogens is 300 g/mol. The van der Waals surface area contributed by atoms with Gasteiger partial charge in [-0.25, -0.2) is 9.89 Å². The molecule has 0 spiro atoms. The first-order valence-electron chi connectivity index (χ1n) is 8.10. The summed E-state index contributed by atoms with van der Waals surface area (Å²) in [5, 5.41) is 9.22. The van der Waals surface area contributed by atoms with E-state index in [4.69, 9.17) is 5.73 Å². The highest BCUT2D eigenvalue weighted by molar-refractivity contribution is 5.82. The zero-order valence-electron chi connectivity index (χ0n) is 13.7. The number of hydrogen-bond donors (Lipinski definition) is 1. The van der Waals surface area contributed by atoms with Crippen molar-refractivity contribution in [1.82, 2.24) is 14.9 Å². The van der Waals surface area contributed by atoms with Crippen molar-refractivity contribution in [1.29, 1.82) is 5.26 Å². The highest BCUT2D eigenvalue weighted by atomic mass is 15.2. The van der Waals surface area contributed by atoms with E-state index in [9.17, 15) is 5.26 Å². The number of nitrogens with two attached hydrogens (primary N) is 1. The Morgan fingerprint density at radius 3 is 2.58 bits per heavy atom. The lowest BCUT2D eigenvalue weighted by Crippen LogP contribution is -2.34. The molecule has 0 aromatic carbocycles. The van der Waals surface area contributed by atoms with Gasteiger partial charge in [-0.05, 0) is 43.0 Å². The largest absolute Gasteiger partial charge is 0.369 e. The minimum absolute atomic E-state index is 0.221. The molecule has 6 heteroatoms. The fraction of sp³-hybridized carbons (Fsp3) is 0.333. The van der Waals surface area contributed by atoms with Crippen molar-refractivity contribution in [3.05, 3.63) is 54.6 Å². The predicted molar refractivity (Wildman–Crippen MR) is 94.2 cm³/mol. The molecule has 0 saturated carbocycles. The summed E-state index contributed by atoms with van der Waals surface area (Å²) >= 11 is 0. The number of aromatic nitrogens is 2. The van der Waals surface area contributed by atoms with E-state index in [-0.39, 0.29) is 5.96 Å². The number of aryl methyl sites for hydroxylation is 1. The Hall–Kier alpha value is -2.94. The first-order valence-corrected chi connectivity index (χ1v) is 8.10. The first kappa shape index (κ1) is 17.4. The third-order valence-corrected chi connectivity index (χ3v) is 3.62. The van der Waals surface area contributed by atoms with E-state index in [2.05, 4.69) is 27.2 Å². The summed E-state index contributed by atoms with van der Waals surface area (Å²) in [6.07, 6.45) is 14.3. The molecule has 2 aromatic rings. The predicted octanol–water partition coefficient (Wildman–Crippen LogP) is 3.01. The van der Waals surface area contributed by atoms with Gasteiger partial charge in [0.05, 0.1) is 5.69 Å². The maximum Gasteiger partial charge on any atom is 0.209 e. The van der Waals surface area contributed by atoms with Crippen LogP contribution in [0.2, 0.25) is 0 Å². The Morgan fingerprint density at radius 1 is 1.08 bits per heavy atom. The third-order valence-electron chi connectivity index (χ3n) is 3.62. The summed E-state index contributed by atoms with van der Waals surface area (Å²) in [4.78, 5) is 13.7. The molecule has 2 aromatic heterocycles. The molecule has 0 bridgehead atoms. The van der Waals surface area contributed by atoms with Gasteiger partial charge in [0.15, 0.2) is 6.19 Å². The van der Waals surface area contributed by atoms with E-state index in [1.54, 1.807) is 30.7 Å². The van der Waals surface area contributed by atoms with E-state index in [1.165, 1.54) is 10.5 Å². The Morgan fingerprint density at radius 2 is 1.88 bits per heavy atom. The maximum absolute atomic E-state index is 9.22.